The van der Waals surface area contributed by atoms with Gasteiger partial charge >= 0.3 is 12.4 Å². The minimum Gasteiger partial charge on any atom is -0.206 e. The van der Waals surface area contributed by atoms with E-state index in [2.05, 4.69) is 103 Å². The van der Waals surface area contributed by atoms with Gasteiger partial charge in [0.1, 0.15) is 17.5 Å². The van der Waals surface area contributed by atoms with Crippen LogP contribution in [0.4, 0.5) is 39.5 Å². The van der Waals surface area contributed by atoms with E-state index >= 15 is 0 Å². The van der Waals surface area contributed by atoms with Crippen LogP contribution in [-0.2, 0) is 12.4 Å². The van der Waals surface area contributed by atoms with Crippen LogP contribution in [0.3, 0.4) is 0 Å². The molecule has 0 spiro atoms. The number of rotatable bonds is 0. The Bertz CT molecular complexity index is 2940. The number of alkyl halides is 6. The predicted octanol–water partition coefficient (Wildman–Crippen LogP) is 30.4. The van der Waals surface area contributed by atoms with Crippen LogP contribution in [0.5, 0.6) is 0 Å². The SMILES string of the molecule is Cc1cc(Cl)cc(Br)c1C.Cc1cc(Cl)cc(Br)c1C(F)(F)F.Cc1cc(Cl)cc(Br)c1Cl.Cc1cc(Cl)cc(Br)c1F.Cc1cc(Cl)cc(C)c1Br.Cc1cc(Cl)cc(C)c1F.Cc1cc(Cl)cc(Cl)c1C(F)(F)F.Cc1cc(Cl)cc(F)c1Br. The number of benzene rings is 8. The average Bonchev–Trinajstić information content (AvgIpc) is 2.27. The third kappa shape index (κ3) is 28.8. The topological polar surface area (TPSA) is 0 Å². The van der Waals surface area contributed by atoms with E-state index in [9.17, 15) is 39.5 Å². The van der Waals surface area contributed by atoms with Gasteiger partial charge in [0.2, 0.25) is 0 Å². The smallest absolute Gasteiger partial charge is 0.206 e. The van der Waals surface area contributed by atoms with E-state index in [0.29, 0.717) is 45.7 Å². The van der Waals surface area contributed by atoms with E-state index in [1.54, 1.807) is 58.0 Å². The average molecular weight is 1790 g/mol. The lowest BCUT2D eigenvalue weighted by atomic mass is 10.1. The van der Waals surface area contributed by atoms with E-state index in [1.165, 1.54) is 66.4 Å². The van der Waals surface area contributed by atoms with Crippen molar-refractivity contribution in [2.24, 2.45) is 0 Å². The normalized spacial score (nSPS) is 10.6. The highest BCUT2D eigenvalue weighted by atomic mass is 79.9. The fourth-order valence-electron chi connectivity index (χ4n) is 6.74. The first-order chi connectivity index (χ1) is 39.3. The molecule has 0 N–H and O–H groups in total. The molecule has 0 aliphatic carbocycles. The van der Waals surface area contributed by atoms with Crippen LogP contribution >= 0.6 is 212 Å². The molecule has 0 amide bonds. The van der Waals surface area contributed by atoms with E-state index in [1.807, 2.05) is 58.0 Å². The van der Waals surface area contributed by atoms with Crippen molar-refractivity contribution in [1.29, 1.82) is 0 Å². The predicted molar refractivity (Wildman–Crippen MR) is 370 cm³/mol. The van der Waals surface area contributed by atoms with Crippen LogP contribution in [0.1, 0.15) is 72.3 Å². The van der Waals surface area contributed by atoms with Gasteiger partial charge in [-0.25, -0.2) is 13.2 Å². The van der Waals surface area contributed by atoms with Gasteiger partial charge < -0.3 is 0 Å². The summed E-state index contributed by atoms with van der Waals surface area (Å²) in [5.74, 6) is -0.723. The maximum atomic E-state index is 12.9. The van der Waals surface area contributed by atoms with Crippen molar-refractivity contribution < 1.29 is 39.5 Å². The summed E-state index contributed by atoms with van der Waals surface area (Å²) in [7, 11) is 0. The molecular weight excluding hydrogens is 1740 g/mol. The number of hydrogen-bond acceptors (Lipinski definition) is 0. The van der Waals surface area contributed by atoms with Crippen molar-refractivity contribution in [3.8, 4) is 0 Å². The fraction of sp³-hybridized carbons (Fsp3) is 0.213. The Morgan fingerprint density at radius 2 is 0.570 bits per heavy atom. The minimum absolute atomic E-state index is 0.0231. The van der Waals surface area contributed by atoms with Gasteiger partial charge in [0, 0.05) is 58.1 Å². The molecule has 0 saturated carbocycles. The molecule has 0 saturated heterocycles. The Hall–Kier alpha value is -1.09. The summed E-state index contributed by atoms with van der Waals surface area (Å²) in [5.41, 5.74) is 7.06. The van der Waals surface area contributed by atoms with Gasteiger partial charge in [-0.3, -0.25) is 0 Å². The molecule has 0 aliphatic rings. The molecule has 0 radical (unpaired) electrons. The second kappa shape index (κ2) is 38.2. The van der Waals surface area contributed by atoms with Gasteiger partial charge in [-0.05, 0) is 282 Å². The molecular formula is C61H49Br6Cl10F9. The number of hydrogen-bond donors (Lipinski definition) is 0. The quantitative estimate of drug-likeness (QED) is 0.105. The summed E-state index contributed by atoms with van der Waals surface area (Å²) in [6.45, 7) is 19.7. The highest BCUT2D eigenvalue weighted by Gasteiger charge is 2.36. The Labute approximate surface area is 596 Å². The summed E-state index contributed by atoms with van der Waals surface area (Å²) < 4.78 is 116. The first kappa shape index (κ1) is 82.9. The van der Waals surface area contributed by atoms with Crippen molar-refractivity contribution in [3.63, 3.8) is 0 Å². The second-order valence-electron chi connectivity index (χ2n) is 18.2. The molecule has 8 aromatic rings. The summed E-state index contributed by atoms with van der Waals surface area (Å²) in [4.78, 5) is 0. The Morgan fingerprint density at radius 3 is 0.930 bits per heavy atom. The van der Waals surface area contributed by atoms with Crippen LogP contribution in [0.2, 0.25) is 50.2 Å². The fourth-order valence-corrected chi connectivity index (χ4v) is 13.0. The zero-order valence-electron chi connectivity index (χ0n) is 46.7. The molecule has 0 heterocycles. The number of aryl methyl sites for hydroxylation is 10. The molecule has 0 aromatic heterocycles. The van der Waals surface area contributed by atoms with Gasteiger partial charge in [-0.15, -0.1) is 0 Å². The molecule has 0 nitrogen and oxygen atoms in total. The molecule has 0 unspecified atom stereocenters. The largest absolute Gasteiger partial charge is 0.418 e. The van der Waals surface area contributed by atoms with Crippen LogP contribution < -0.4 is 0 Å². The summed E-state index contributed by atoms with van der Waals surface area (Å²) >= 11 is 75.6. The van der Waals surface area contributed by atoms with Crippen molar-refractivity contribution in [2.45, 2.75) is 88.5 Å². The van der Waals surface area contributed by atoms with E-state index in [4.69, 9.17) is 116 Å². The van der Waals surface area contributed by atoms with Gasteiger partial charge in [0.05, 0.1) is 30.1 Å². The Kier molecular flexibility index (Phi) is 36.8. The molecule has 0 fully saturated rings. The van der Waals surface area contributed by atoms with Crippen LogP contribution in [0.15, 0.2) is 124 Å². The zero-order valence-corrected chi connectivity index (χ0v) is 63.8. The van der Waals surface area contributed by atoms with Gasteiger partial charge in [-0.1, -0.05) is 164 Å². The maximum absolute atomic E-state index is 12.9. The summed E-state index contributed by atoms with van der Waals surface area (Å²) in [5, 5.41) is 4.72. The van der Waals surface area contributed by atoms with Gasteiger partial charge in [-0.2, -0.15) is 26.3 Å². The third-order valence-electron chi connectivity index (χ3n) is 11.0. The molecule has 0 aliphatic heterocycles. The first-order valence-corrected chi connectivity index (χ1v) is 32.5. The van der Waals surface area contributed by atoms with Crippen molar-refractivity contribution in [3.05, 3.63) is 264 Å². The maximum Gasteiger partial charge on any atom is 0.418 e. The van der Waals surface area contributed by atoms with Crippen LogP contribution in [-0.4, -0.2) is 0 Å². The Morgan fingerprint density at radius 1 is 0.279 bits per heavy atom. The summed E-state index contributed by atoms with van der Waals surface area (Å²) in [6.07, 6.45) is -8.76. The minimum atomic E-state index is -4.42. The monoisotopic (exact) mass is 1780 g/mol. The third-order valence-corrected chi connectivity index (χ3v) is 18.6. The summed E-state index contributed by atoms with van der Waals surface area (Å²) in [6, 6.07) is 25.5. The lowest BCUT2D eigenvalue weighted by Gasteiger charge is -2.12. The first-order valence-electron chi connectivity index (χ1n) is 24.0. The standard InChI is InChI=1S/C8H5BrClF3.2C8H8BrCl.C8H5Cl2F3.C8H8ClF.C7H5BrCl2.2C7H5BrClF/c1-4-2-5(10)3-6(9)7(4)8(11,12)13;1-5-3-7(10)4-8(9)6(5)2;1-5-3-7(10)4-6(2)8(5)9;1-4-2-5(9)3-6(10)7(4)8(11,12)13;1-5-3-7(9)4-6(2)8(5)10;1-4-2-5(9)3-6(8)7(4)10;1-4-2-5(9)3-6(10)7(4)8;1-4-2-5(9)3-6(8)7(4)10/h2-3H,1H3;2*3-4H,1-2H3;2-3H,1H3;3-4H,1-2H3;3*2-3H,1H3. The van der Waals surface area contributed by atoms with E-state index in [0.717, 1.165) is 45.7 Å². The van der Waals surface area contributed by atoms with E-state index < -0.39 is 23.5 Å². The number of halogens is 25. The molecule has 8 aromatic carbocycles. The van der Waals surface area contributed by atoms with Crippen molar-refractivity contribution >= 4 is 212 Å². The van der Waals surface area contributed by atoms with Gasteiger partial charge in [0.15, 0.2) is 0 Å². The highest BCUT2D eigenvalue weighted by molar-refractivity contribution is 9.11. The van der Waals surface area contributed by atoms with Crippen molar-refractivity contribution in [2.75, 3.05) is 0 Å². The zero-order chi connectivity index (χ0) is 66.8. The molecule has 0 bridgehead atoms. The molecule has 468 valence electrons. The van der Waals surface area contributed by atoms with Crippen LogP contribution in [0, 0.1) is 93.6 Å². The van der Waals surface area contributed by atoms with Crippen LogP contribution in [0.25, 0.3) is 0 Å². The second-order valence-corrected chi connectivity index (χ2v) is 27.5. The molecule has 86 heavy (non-hydrogen) atoms. The molecule has 8 rings (SSSR count). The van der Waals surface area contributed by atoms with Crippen molar-refractivity contribution in [1.82, 2.24) is 0 Å². The van der Waals surface area contributed by atoms with E-state index in [-0.39, 0.29) is 48.1 Å². The molecule has 25 heteroatoms. The lowest BCUT2D eigenvalue weighted by molar-refractivity contribution is -0.139. The lowest BCUT2D eigenvalue weighted by Crippen LogP contribution is -2.08. The Balaban J connectivity index is 0.000000493. The highest BCUT2D eigenvalue weighted by Crippen LogP contribution is 2.40. The molecule has 0 atom stereocenters. The van der Waals surface area contributed by atoms with Gasteiger partial charge in [0.25, 0.3) is 0 Å².